The molecule has 150 valence electrons. The summed E-state index contributed by atoms with van der Waals surface area (Å²) in [5.74, 6) is 1.62. The Bertz CT molecular complexity index is 963. The van der Waals surface area contributed by atoms with Crippen molar-refractivity contribution in [2.24, 2.45) is 0 Å². The van der Waals surface area contributed by atoms with E-state index >= 15 is 0 Å². The lowest BCUT2D eigenvalue weighted by molar-refractivity contribution is 0.407. The zero-order valence-corrected chi connectivity index (χ0v) is 18.8. The van der Waals surface area contributed by atoms with Gasteiger partial charge in [0.2, 0.25) is 0 Å². The van der Waals surface area contributed by atoms with Gasteiger partial charge in [0, 0.05) is 29.3 Å². The van der Waals surface area contributed by atoms with Gasteiger partial charge in [0.05, 0.1) is 14.2 Å². The summed E-state index contributed by atoms with van der Waals surface area (Å²) in [6, 6.07) is 24.0. The predicted octanol–water partition coefficient (Wildman–Crippen LogP) is 5.87. The van der Waals surface area contributed by atoms with E-state index in [4.69, 9.17) is 21.7 Å². The number of ether oxygens (including phenoxy) is 2. The Morgan fingerprint density at radius 2 is 1.55 bits per heavy atom. The number of anilines is 1. The Hall–Kier alpha value is -2.57. The fourth-order valence-corrected chi connectivity index (χ4v) is 3.60. The smallest absolute Gasteiger partial charge is 0.174 e. The Balaban J connectivity index is 1.80. The largest absolute Gasteiger partial charge is 0.497 e. The second kappa shape index (κ2) is 10.3. The number of thiocarbonyl (C=S) groups is 1. The summed E-state index contributed by atoms with van der Waals surface area (Å²) in [6.45, 7) is 1.35. The van der Waals surface area contributed by atoms with Gasteiger partial charge in [-0.25, -0.2) is 0 Å². The molecule has 0 unspecified atom stereocenters. The SMILES string of the molecule is COc1ccc(CN(Cc2cccc(Br)c2)C(=S)Nc2cccc(OC)c2)cc1. The molecule has 3 aromatic carbocycles. The number of benzene rings is 3. The van der Waals surface area contributed by atoms with E-state index in [9.17, 15) is 0 Å². The molecule has 6 heteroatoms. The Labute approximate surface area is 185 Å². The highest BCUT2D eigenvalue weighted by molar-refractivity contribution is 9.10. The fourth-order valence-electron chi connectivity index (χ4n) is 2.91. The molecule has 0 spiro atoms. The number of methoxy groups -OCH3 is 2. The number of halogens is 1. The molecule has 0 aliphatic carbocycles. The third kappa shape index (κ3) is 6.21. The van der Waals surface area contributed by atoms with Gasteiger partial charge in [-0.05, 0) is 59.7 Å². The van der Waals surface area contributed by atoms with Gasteiger partial charge >= 0.3 is 0 Å². The summed E-state index contributed by atoms with van der Waals surface area (Å²) in [5.41, 5.74) is 3.21. The summed E-state index contributed by atoms with van der Waals surface area (Å²) in [5, 5.41) is 3.98. The highest BCUT2D eigenvalue weighted by Crippen LogP contribution is 2.20. The molecule has 0 radical (unpaired) electrons. The van der Waals surface area contributed by atoms with Gasteiger partial charge in [0.15, 0.2) is 5.11 Å². The number of nitrogens with one attached hydrogen (secondary N) is 1. The molecular weight excluding hydrogens is 448 g/mol. The molecule has 29 heavy (non-hydrogen) atoms. The van der Waals surface area contributed by atoms with Crippen molar-refractivity contribution in [1.82, 2.24) is 4.90 Å². The molecule has 0 heterocycles. The zero-order chi connectivity index (χ0) is 20.6. The van der Waals surface area contributed by atoms with Crippen molar-refractivity contribution in [3.63, 3.8) is 0 Å². The van der Waals surface area contributed by atoms with Crippen LogP contribution in [0.4, 0.5) is 5.69 Å². The molecule has 0 amide bonds. The van der Waals surface area contributed by atoms with Crippen LogP contribution in [-0.4, -0.2) is 24.2 Å². The van der Waals surface area contributed by atoms with Crippen LogP contribution in [0.15, 0.2) is 77.3 Å². The number of rotatable bonds is 7. The molecular formula is C23H23BrN2O2S. The van der Waals surface area contributed by atoms with Gasteiger partial charge in [-0.1, -0.05) is 46.3 Å². The summed E-state index contributed by atoms with van der Waals surface area (Å²) in [6.07, 6.45) is 0. The molecule has 0 aliphatic rings. The maximum Gasteiger partial charge on any atom is 0.174 e. The maximum absolute atomic E-state index is 5.75. The van der Waals surface area contributed by atoms with E-state index in [1.165, 1.54) is 5.56 Å². The lowest BCUT2D eigenvalue weighted by Gasteiger charge is -2.26. The normalized spacial score (nSPS) is 10.3. The van der Waals surface area contributed by atoms with Crippen molar-refractivity contribution in [3.05, 3.63) is 88.4 Å². The van der Waals surface area contributed by atoms with Crippen LogP contribution in [0.25, 0.3) is 0 Å². The van der Waals surface area contributed by atoms with E-state index in [0.29, 0.717) is 18.2 Å². The van der Waals surface area contributed by atoms with Crippen LogP contribution in [0.1, 0.15) is 11.1 Å². The highest BCUT2D eigenvalue weighted by atomic mass is 79.9. The van der Waals surface area contributed by atoms with E-state index < -0.39 is 0 Å². The zero-order valence-electron chi connectivity index (χ0n) is 16.4. The number of nitrogens with zero attached hydrogens (tertiary/aromatic N) is 1. The lowest BCUT2D eigenvalue weighted by atomic mass is 10.1. The Morgan fingerprint density at radius 3 is 2.24 bits per heavy atom. The van der Waals surface area contributed by atoms with Crippen LogP contribution in [0, 0.1) is 0 Å². The molecule has 0 saturated heterocycles. The third-order valence-electron chi connectivity index (χ3n) is 4.40. The Morgan fingerprint density at radius 1 is 0.862 bits per heavy atom. The van der Waals surface area contributed by atoms with E-state index in [-0.39, 0.29) is 0 Å². The predicted molar refractivity (Wildman–Crippen MR) is 126 cm³/mol. The molecule has 0 aliphatic heterocycles. The van der Waals surface area contributed by atoms with E-state index in [0.717, 1.165) is 27.2 Å². The van der Waals surface area contributed by atoms with E-state index in [1.54, 1.807) is 14.2 Å². The van der Waals surface area contributed by atoms with Crippen molar-refractivity contribution in [1.29, 1.82) is 0 Å². The standard InChI is InChI=1S/C23H23BrN2O2S/c1-27-21-11-9-17(10-12-21)15-26(16-18-5-3-6-19(24)13-18)23(29)25-20-7-4-8-22(14-20)28-2/h3-14H,15-16H2,1-2H3,(H,25,29). The van der Waals surface area contributed by atoms with Crippen molar-refractivity contribution in [2.75, 3.05) is 19.5 Å². The lowest BCUT2D eigenvalue weighted by Crippen LogP contribution is -2.33. The quantitative estimate of drug-likeness (QED) is 0.437. The highest BCUT2D eigenvalue weighted by Gasteiger charge is 2.13. The van der Waals surface area contributed by atoms with Crippen LogP contribution in [0.2, 0.25) is 0 Å². The van der Waals surface area contributed by atoms with E-state index in [1.807, 2.05) is 48.5 Å². The molecule has 0 fully saturated rings. The van der Waals surface area contributed by atoms with Crippen LogP contribution in [0.3, 0.4) is 0 Å². The van der Waals surface area contributed by atoms with Gasteiger partial charge in [-0.15, -0.1) is 0 Å². The average molecular weight is 471 g/mol. The minimum Gasteiger partial charge on any atom is -0.497 e. The summed E-state index contributed by atoms with van der Waals surface area (Å²) in [7, 11) is 3.32. The number of hydrogen-bond donors (Lipinski definition) is 1. The van der Waals surface area contributed by atoms with Gasteiger partial charge < -0.3 is 19.7 Å². The first kappa shape index (κ1) is 21.1. The van der Waals surface area contributed by atoms with Crippen LogP contribution < -0.4 is 14.8 Å². The summed E-state index contributed by atoms with van der Waals surface area (Å²) in [4.78, 5) is 2.14. The van der Waals surface area contributed by atoms with Gasteiger partial charge in [-0.3, -0.25) is 0 Å². The summed E-state index contributed by atoms with van der Waals surface area (Å²) < 4.78 is 11.6. The number of hydrogen-bond acceptors (Lipinski definition) is 3. The van der Waals surface area contributed by atoms with Crippen molar-refractivity contribution < 1.29 is 9.47 Å². The molecule has 0 saturated carbocycles. The average Bonchev–Trinajstić information content (AvgIpc) is 2.74. The monoisotopic (exact) mass is 470 g/mol. The molecule has 0 atom stereocenters. The van der Waals surface area contributed by atoms with Crippen LogP contribution >= 0.6 is 28.1 Å². The first-order valence-corrected chi connectivity index (χ1v) is 10.3. The van der Waals surface area contributed by atoms with Gasteiger partial charge in [0.25, 0.3) is 0 Å². The topological polar surface area (TPSA) is 33.7 Å². The third-order valence-corrected chi connectivity index (χ3v) is 5.26. The van der Waals surface area contributed by atoms with Crippen LogP contribution in [-0.2, 0) is 13.1 Å². The summed E-state index contributed by atoms with van der Waals surface area (Å²) >= 11 is 9.30. The van der Waals surface area contributed by atoms with Crippen LogP contribution in [0.5, 0.6) is 11.5 Å². The molecule has 4 nitrogen and oxygen atoms in total. The molecule has 3 rings (SSSR count). The molecule has 1 N–H and O–H groups in total. The molecule has 0 bridgehead atoms. The minimum absolute atomic E-state index is 0.647. The first-order chi connectivity index (χ1) is 14.1. The molecule has 0 aromatic heterocycles. The minimum atomic E-state index is 0.647. The first-order valence-electron chi connectivity index (χ1n) is 9.15. The van der Waals surface area contributed by atoms with Gasteiger partial charge in [-0.2, -0.15) is 0 Å². The second-order valence-corrected chi connectivity index (χ2v) is 7.80. The maximum atomic E-state index is 5.75. The second-order valence-electron chi connectivity index (χ2n) is 6.50. The van der Waals surface area contributed by atoms with Crippen molar-refractivity contribution >= 4 is 38.9 Å². The van der Waals surface area contributed by atoms with Crippen molar-refractivity contribution in [3.8, 4) is 11.5 Å². The van der Waals surface area contributed by atoms with E-state index in [2.05, 4.69) is 50.4 Å². The molecule has 3 aromatic rings. The van der Waals surface area contributed by atoms with Crippen molar-refractivity contribution in [2.45, 2.75) is 13.1 Å². The fraction of sp³-hybridized carbons (Fsp3) is 0.174. The Kier molecular flexibility index (Phi) is 7.49. The van der Waals surface area contributed by atoms with Gasteiger partial charge in [0.1, 0.15) is 11.5 Å².